The van der Waals surface area contributed by atoms with Gasteiger partial charge in [-0.05, 0) is 29.3 Å². The van der Waals surface area contributed by atoms with Crippen molar-refractivity contribution in [3.63, 3.8) is 0 Å². The van der Waals surface area contributed by atoms with Crippen LogP contribution in [0.1, 0.15) is 32.6 Å². The molecule has 32 heavy (non-hydrogen) atoms. The Labute approximate surface area is 201 Å². The van der Waals surface area contributed by atoms with Crippen molar-refractivity contribution in [2.24, 2.45) is 5.73 Å². The minimum absolute atomic E-state index is 0. The second-order valence-corrected chi connectivity index (χ2v) is 6.70. The van der Waals surface area contributed by atoms with Gasteiger partial charge in [-0.15, -0.1) is 24.8 Å². The van der Waals surface area contributed by atoms with Crippen LogP contribution in [0.5, 0.6) is 5.75 Å². The summed E-state index contributed by atoms with van der Waals surface area (Å²) in [4.78, 5) is 13.1. The van der Waals surface area contributed by atoms with Crippen molar-refractivity contribution < 1.29 is 9.53 Å². The number of nitrogens with two attached hydrogens (primary N) is 1. The van der Waals surface area contributed by atoms with Gasteiger partial charge in [-0.25, -0.2) is 0 Å². The molecule has 0 fully saturated rings. The number of rotatable bonds is 8. The summed E-state index contributed by atoms with van der Waals surface area (Å²) in [5.74, 6) is 0.590. The summed E-state index contributed by atoms with van der Waals surface area (Å²) < 4.78 is 6.01. The number of hydrogen-bond acceptors (Lipinski definition) is 4. The fraction of sp³-hybridized carbons (Fsp3) is 0.120. The first kappa shape index (κ1) is 26.9. The third kappa shape index (κ3) is 6.95. The lowest BCUT2D eigenvalue weighted by Crippen LogP contribution is -2.18. The molecule has 3 aromatic carbocycles. The lowest BCUT2D eigenvalue weighted by Gasteiger charge is -2.13. The van der Waals surface area contributed by atoms with Crippen LogP contribution in [0.15, 0.2) is 78.9 Å². The van der Waals surface area contributed by atoms with E-state index < -0.39 is 0 Å². The number of ketones is 1. The zero-order chi connectivity index (χ0) is 21.3. The topological polar surface area (TPSA) is 88.2 Å². The quantitative estimate of drug-likeness (QED) is 0.248. The minimum Gasteiger partial charge on any atom is -0.488 e. The number of ether oxygens (including phenoxy) is 1. The Hall–Kier alpha value is -3.12. The smallest absolute Gasteiger partial charge is 0.196 e. The summed E-state index contributed by atoms with van der Waals surface area (Å²) in [7, 11) is 1.68. The predicted molar refractivity (Wildman–Crippen MR) is 136 cm³/mol. The van der Waals surface area contributed by atoms with Crippen LogP contribution in [0.4, 0.5) is 0 Å². The molecule has 0 amide bonds. The van der Waals surface area contributed by atoms with Gasteiger partial charge in [0.1, 0.15) is 18.2 Å². The highest BCUT2D eigenvalue weighted by atomic mass is 35.5. The Morgan fingerprint density at radius 2 is 1.69 bits per heavy atom. The van der Waals surface area contributed by atoms with Crippen LogP contribution < -0.4 is 15.8 Å². The van der Waals surface area contributed by atoms with Crippen molar-refractivity contribution in [1.82, 2.24) is 5.32 Å². The molecular formula is C25H27Cl2N3O2. The minimum atomic E-state index is -0.140. The van der Waals surface area contributed by atoms with Gasteiger partial charge in [-0.1, -0.05) is 66.7 Å². The summed E-state index contributed by atoms with van der Waals surface area (Å²) in [6.45, 7) is 0.836. The van der Waals surface area contributed by atoms with Gasteiger partial charge in [0.05, 0.1) is 5.56 Å². The summed E-state index contributed by atoms with van der Waals surface area (Å²) in [5, 5.41) is 10.8. The Morgan fingerprint density at radius 1 is 1.00 bits per heavy atom. The number of hydrogen-bond donors (Lipinski definition) is 3. The van der Waals surface area contributed by atoms with Crippen molar-refractivity contribution >= 4 is 42.5 Å². The molecule has 5 nitrogen and oxygen atoms in total. The molecule has 0 saturated carbocycles. The Bertz CT molecular complexity index is 1050. The molecule has 0 spiro atoms. The number of carbonyl (C=O) groups excluding carboxylic acids is 1. The van der Waals surface area contributed by atoms with Crippen LogP contribution in [0.3, 0.4) is 0 Å². The number of benzene rings is 3. The van der Waals surface area contributed by atoms with Gasteiger partial charge in [-0.3, -0.25) is 10.2 Å². The second kappa shape index (κ2) is 13.3. The molecule has 0 radical (unpaired) electrons. The van der Waals surface area contributed by atoms with E-state index in [0.717, 1.165) is 11.1 Å². The van der Waals surface area contributed by atoms with Crippen LogP contribution in [0, 0.1) is 5.41 Å². The van der Waals surface area contributed by atoms with Crippen LogP contribution in [0.25, 0.3) is 6.08 Å². The average Bonchev–Trinajstić information content (AvgIpc) is 2.81. The zero-order valence-electron chi connectivity index (χ0n) is 17.7. The molecule has 0 aliphatic rings. The first-order chi connectivity index (χ1) is 14.6. The molecule has 0 heterocycles. The van der Waals surface area contributed by atoms with E-state index in [-0.39, 0.29) is 36.4 Å². The fourth-order valence-corrected chi connectivity index (χ4v) is 2.97. The number of amidine groups is 1. The molecule has 0 bridgehead atoms. The molecule has 0 unspecified atom stereocenters. The molecule has 0 aliphatic carbocycles. The highest BCUT2D eigenvalue weighted by Crippen LogP contribution is 2.25. The lowest BCUT2D eigenvalue weighted by molar-refractivity contribution is 0.103. The summed E-state index contributed by atoms with van der Waals surface area (Å²) in [6.07, 6.45) is 3.87. The maximum atomic E-state index is 13.1. The zero-order valence-corrected chi connectivity index (χ0v) is 19.3. The maximum absolute atomic E-state index is 13.1. The molecular weight excluding hydrogens is 445 g/mol. The van der Waals surface area contributed by atoms with Crippen molar-refractivity contribution in [2.45, 2.75) is 6.61 Å². The van der Waals surface area contributed by atoms with Crippen LogP contribution in [0.2, 0.25) is 0 Å². The van der Waals surface area contributed by atoms with E-state index in [0.29, 0.717) is 35.6 Å². The van der Waals surface area contributed by atoms with E-state index in [1.807, 2.05) is 54.6 Å². The van der Waals surface area contributed by atoms with Gasteiger partial charge in [-0.2, -0.15) is 0 Å². The number of carbonyl (C=O) groups is 1. The SMILES string of the molecule is CNC(=N)c1ccc(OCc2ccc(/C=C/CN)cc2)c(C(=O)c2ccccc2)c1.Cl.Cl. The van der Waals surface area contributed by atoms with Crippen LogP contribution in [-0.4, -0.2) is 25.2 Å². The van der Waals surface area contributed by atoms with Gasteiger partial charge in [0.25, 0.3) is 0 Å². The Morgan fingerprint density at radius 3 is 2.31 bits per heavy atom. The Kier molecular flexibility index (Phi) is 11.2. The van der Waals surface area contributed by atoms with E-state index in [9.17, 15) is 4.79 Å². The van der Waals surface area contributed by atoms with Crippen molar-refractivity contribution in [3.8, 4) is 5.75 Å². The van der Waals surface area contributed by atoms with E-state index in [1.54, 1.807) is 37.4 Å². The van der Waals surface area contributed by atoms with Crippen LogP contribution in [-0.2, 0) is 6.61 Å². The molecule has 0 aromatic heterocycles. The second-order valence-electron chi connectivity index (χ2n) is 6.70. The monoisotopic (exact) mass is 471 g/mol. The van der Waals surface area contributed by atoms with Gasteiger partial charge < -0.3 is 15.8 Å². The van der Waals surface area contributed by atoms with E-state index in [2.05, 4.69) is 5.32 Å². The van der Waals surface area contributed by atoms with Gasteiger partial charge in [0.15, 0.2) is 5.78 Å². The third-order valence-corrected chi connectivity index (χ3v) is 4.62. The summed E-state index contributed by atoms with van der Waals surface area (Å²) >= 11 is 0. The highest BCUT2D eigenvalue weighted by molar-refractivity contribution is 6.12. The van der Waals surface area contributed by atoms with E-state index >= 15 is 0 Å². The normalized spacial score (nSPS) is 10.1. The summed E-state index contributed by atoms with van der Waals surface area (Å²) in [6, 6.07) is 22.3. The molecule has 168 valence electrons. The Balaban J connectivity index is 0.00000256. The standard InChI is InChI=1S/C25H25N3O2.2ClH/c1-28-25(27)21-13-14-23(22(16-21)24(29)20-7-3-2-4-8-20)30-17-19-11-9-18(10-12-19)6-5-15-26;;/h2-14,16H,15,17,26H2,1H3,(H2,27,28);2*1H/b6-5+;;. The number of nitrogens with one attached hydrogen (secondary N) is 2. The number of halogens is 2. The average molecular weight is 472 g/mol. The first-order valence-corrected chi connectivity index (χ1v) is 9.71. The lowest BCUT2D eigenvalue weighted by atomic mass is 10.00. The highest BCUT2D eigenvalue weighted by Gasteiger charge is 2.17. The van der Waals surface area contributed by atoms with Gasteiger partial charge in [0, 0.05) is 24.7 Å². The molecule has 3 aromatic rings. The van der Waals surface area contributed by atoms with E-state index in [4.69, 9.17) is 15.9 Å². The van der Waals surface area contributed by atoms with Gasteiger partial charge in [0.2, 0.25) is 0 Å². The first-order valence-electron chi connectivity index (χ1n) is 9.71. The van der Waals surface area contributed by atoms with Gasteiger partial charge >= 0.3 is 0 Å². The molecule has 0 saturated heterocycles. The predicted octanol–water partition coefficient (Wildman–Crippen LogP) is 4.86. The summed E-state index contributed by atoms with van der Waals surface area (Å²) in [5.41, 5.74) is 9.18. The van der Waals surface area contributed by atoms with Crippen molar-refractivity contribution in [3.05, 3.63) is 107 Å². The third-order valence-electron chi connectivity index (χ3n) is 4.62. The molecule has 4 N–H and O–H groups in total. The van der Waals surface area contributed by atoms with Crippen molar-refractivity contribution in [1.29, 1.82) is 5.41 Å². The molecule has 7 heteroatoms. The maximum Gasteiger partial charge on any atom is 0.196 e. The largest absolute Gasteiger partial charge is 0.488 e. The van der Waals surface area contributed by atoms with Crippen LogP contribution >= 0.6 is 24.8 Å². The molecule has 0 atom stereocenters. The van der Waals surface area contributed by atoms with E-state index in [1.165, 1.54) is 0 Å². The molecule has 3 rings (SSSR count). The fourth-order valence-electron chi connectivity index (χ4n) is 2.97. The molecule has 0 aliphatic heterocycles. The van der Waals surface area contributed by atoms with Crippen molar-refractivity contribution in [2.75, 3.05) is 13.6 Å².